The van der Waals surface area contributed by atoms with Crippen LogP contribution in [0.3, 0.4) is 0 Å². The molecule has 20 heavy (non-hydrogen) atoms. The monoisotopic (exact) mass is 298 g/mol. The molecule has 1 heterocycles. The van der Waals surface area contributed by atoms with Crippen molar-refractivity contribution in [2.75, 3.05) is 0 Å². The molecule has 0 aliphatic heterocycles. The van der Waals surface area contributed by atoms with Gasteiger partial charge in [0.05, 0.1) is 5.56 Å². The molecule has 1 fully saturated rings. The number of nitrogens with zero attached hydrogens (tertiary/aromatic N) is 1. The zero-order valence-corrected chi connectivity index (χ0v) is 13.0. The lowest BCUT2D eigenvalue weighted by Gasteiger charge is -2.23. The Labute approximate surface area is 124 Å². The van der Waals surface area contributed by atoms with Crippen LogP contribution in [-0.2, 0) is 6.42 Å². The molecule has 4 nitrogen and oxygen atoms in total. The Morgan fingerprint density at radius 2 is 1.95 bits per heavy atom. The van der Waals surface area contributed by atoms with E-state index in [0.29, 0.717) is 17.9 Å². The van der Waals surface area contributed by atoms with Gasteiger partial charge in [-0.05, 0) is 25.2 Å². The normalized spacial score (nSPS) is 23.6. The summed E-state index contributed by atoms with van der Waals surface area (Å²) in [6, 6.07) is 0.00150. The molecule has 0 spiro atoms. The fourth-order valence-electron chi connectivity index (χ4n) is 3.19. The first kappa shape index (κ1) is 15.4. The molecular formula is C15H23ClN2O2. The van der Waals surface area contributed by atoms with Gasteiger partial charge in [-0.3, -0.25) is 14.3 Å². The van der Waals surface area contributed by atoms with Crippen LogP contribution in [0.25, 0.3) is 0 Å². The van der Waals surface area contributed by atoms with Crippen LogP contribution in [0.15, 0.2) is 9.59 Å². The number of aromatic amines is 1. The number of aromatic nitrogens is 2. The van der Waals surface area contributed by atoms with Gasteiger partial charge in [-0.25, -0.2) is 4.79 Å². The van der Waals surface area contributed by atoms with Crippen LogP contribution in [-0.4, -0.2) is 9.55 Å². The smallest absolute Gasteiger partial charge is 0.297 e. The number of hydrogen-bond acceptors (Lipinski definition) is 2. The molecule has 112 valence electrons. The zero-order valence-electron chi connectivity index (χ0n) is 12.2. The molecule has 0 bridgehead atoms. The Morgan fingerprint density at radius 1 is 1.25 bits per heavy atom. The molecule has 0 radical (unpaired) electrons. The van der Waals surface area contributed by atoms with Gasteiger partial charge < -0.3 is 0 Å². The number of nitrogens with one attached hydrogen (secondary N) is 1. The molecule has 1 aliphatic rings. The topological polar surface area (TPSA) is 54.9 Å². The predicted octanol–water partition coefficient (Wildman–Crippen LogP) is 3.28. The fraction of sp³-hybridized carbons (Fsp3) is 0.733. The quantitative estimate of drug-likeness (QED) is 0.688. The Morgan fingerprint density at radius 3 is 2.65 bits per heavy atom. The van der Waals surface area contributed by atoms with E-state index in [1.54, 1.807) is 0 Å². The molecule has 5 heteroatoms. The molecule has 0 saturated heterocycles. The van der Waals surface area contributed by atoms with Crippen molar-refractivity contribution in [1.82, 2.24) is 9.55 Å². The van der Waals surface area contributed by atoms with Crippen molar-refractivity contribution in [2.45, 2.75) is 64.8 Å². The van der Waals surface area contributed by atoms with Gasteiger partial charge in [0.2, 0.25) is 0 Å². The van der Waals surface area contributed by atoms with Crippen LogP contribution in [0.2, 0.25) is 5.15 Å². The van der Waals surface area contributed by atoms with Crippen LogP contribution in [0.1, 0.15) is 64.0 Å². The van der Waals surface area contributed by atoms with E-state index in [4.69, 9.17) is 11.6 Å². The first-order valence-corrected chi connectivity index (χ1v) is 7.97. The van der Waals surface area contributed by atoms with E-state index in [1.807, 2.05) is 6.92 Å². The number of hydrogen-bond donors (Lipinski definition) is 1. The molecule has 0 amide bonds. The van der Waals surface area contributed by atoms with Gasteiger partial charge in [0.15, 0.2) is 0 Å². The third-order valence-corrected chi connectivity index (χ3v) is 4.65. The SMILES string of the molecule is CCCc1c(Cl)[nH]c(=O)n(C2CCCCCC2C)c1=O. The van der Waals surface area contributed by atoms with Crippen LogP contribution >= 0.6 is 11.6 Å². The van der Waals surface area contributed by atoms with Crippen molar-refractivity contribution in [3.63, 3.8) is 0 Å². The van der Waals surface area contributed by atoms with E-state index in [1.165, 1.54) is 17.4 Å². The van der Waals surface area contributed by atoms with Crippen molar-refractivity contribution in [1.29, 1.82) is 0 Å². The largest absolute Gasteiger partial charge is 0.329 e. The molecular weight excluding hydrogens is 276 g/mol. The van der Waals surface area contributed by atoms with Gasteiger partial charge >= 0.3 is 5.69 Å². The first-order valence-electron chi connectivity index (χ1n) is 7.59. The van der Waals surface area contributed by atoms with Gasteiger partial charge in [-0.15, -0.1) is 0 Å². The van der Waals surface area contributed by atoms with Crippen LogP contribution in [0.4, 0.5) is 0 Å². The molecule has 2 atom stereocenters. The molecule has 1 N–H and O–H groups in total. The van der Waals surface area contributed by atoms with Gasteiger partial charge in [0.25, 0.3) is 5.56 Å². The van der Waals surface area contributed by atoms with Gasteiger partial charge in [-0.1, -0.05) is 51.1 Å². The maximum Gasteiger partial charge on any atom is 0.329 e. The fourth-order valence-corrected chi connectivity index (χ4v) is 3.44. The minimum absolute atomic E-state index is 0.00150. The summed E-state index contributed by atoms with van der Waals surface area (Å²) >= 11 is 6.02. The van der Waals surface area contributed by atoms with Gasteiger partial charge in [0, 0.05) is 6.04 Å². The van der Waals surface area contributed by atoms with Crippen molar-refractivity contribution in [3.8, 4) is 0 Å². The maximum atomic E-state index is 12.6. The average Bonchev–Trinajstić information content (AvgIpc) is 2.60. The second-order valence-electron chi connectivity index (χ2n) is 5.83. The zero-order chi connectivity index (χ0) is 14.7. The average molecular weight is 299 g/mol. The molecule has 0 aromatic carbocycles. The number of rotatable bonds is 3. The van der Waals surface area contributed by atoms with E-state index >= 15 is 0 Å². The summed E-state index contributed by atoms with van der Waals surface area (Å²) in [5, 5.41) is 0.208. The summed E-state index contributed by atoms with van der Waals surface area (Å²) in [7, 11) is 0. The molecule has 1 saturated carbocycles. The van der Waals surface area contributed by atoms with E-state index in [-0.39, 0.29) is 22.4 Å². The molecule has 1 aromatic heterocycles. The second-order valence-corrected chi connectivity index (χ2v) is 6.21. The van der Waals surface area contributed by atoms with Crippen molar-refractivity contribution in [2.24, 2.45) is 5.92 Å². The van der Waals surface area contributed by atoms with Crippen molar-refractivity contribution >= 4 is 11.6 Å². The highest BCUT2D eigenvalue weighted by Gasteiger charge is 2.25. The number of H-pyrrole nitrogens is 1. The van der Waals surface area contributed by atoms with E-state index in [9.17, 15) is 9.59 Å². The van der Waals surface area contributed by atoms with Gasteiger partial charge in [0.1, 0.15) is 5.15 Å². The van der Waals surface area contributed by atoms with Crippen molar-refractivity contribution < 1.29 is 0 Å². The lowest BCUT2D eigenvalue weighted by molar-refractivity contribution is 0.315. The lowest BCUT2D eigenvalue weighted by Crippen LogP contribution is -2.41. The highest BCUT2D eigenvalue weighted by molar-refractivity contribution is 6.30. The summed E-state index contributed by atoms with van der Waals surface area (Å²) in [6.07, 6.45) is 6.85. The Balaban J connectivity index is 2.52. The minimum Gasteiger partial charge on any atom is -0.297 e. The maximum absolute atomic E-state index is 12.6. The third-order valence-electron chi connectivity index (χ3n) is 4.33. The summed E-state index contributed by atoms with van der Waals surface area (Å²) in [4.78, 5) is 27.5. The minimum atomic E-state index is -0.362. The van der Waals surface area contributed by atoms with E-state index < -0.39 is 0 Å². The summed E-state index contributed by atoms with van der Waals surface area (Å²) in [6.45, 7) is 4.13. The highest BCUT2D eigenvalue weighted by atomic mass is 35.5. The molecule has 2 rings (SSSR count). The molecule has 1 aliphatic carbocycles. The Bertz CT molecular complexity index is 576. The third kappa shape index (κ3) is 3.00. The molecule has 1 aromatic rings. The summed E-state index contributed by atoms with van der Waals surface area (Å²) in [5.74, 6) is 0.354. The summed E-state index contributed by atoms with van der Waals surface area (Å²) < 4.78 is 1.42. The lowest BCUT2D eigenvalue weighted by atomic mass is 9.96. The highest BCUT2D eigenvalue weighted by Crippen LogP contribution is 2.30. The Kier molecular flexibility index (Phi) is 5.08. The summed E-state index contributed by atoms with van der Waals surface area (Å²) in [5.41, 5.74) is -0.0110. The Hall–Kier alpha value is -1.03. The van der Waals surface area contributed by atoms with Gasteiger partial charge in [-0.2, -0.15) is 0 Å². The second kappa shape index (κ2) is 6.61. The number of halogens is 1. The van der Waals surface area contributed by atoms with E-state index in [2.05, 4.69) is 11.9 Å². The first-order chi connectivity index (χ1) is 9.56. The standard InChI is InChI=1S/C15H23ClN2O2/c1-3-7-11-13(16)17-15(20)18(14(11)19)12-9-6-4-5-8-10(12)2/h10,12H,3-9H2,1-2H3,(H,17,20). The molecule has 2 unspecified atom stereocenters. The van der Waals surface area contributed by atoms with E-state index in [0.717, 1.165) is 25.7 Å². The van der Waals surface area contributed by atoms with Crippen LogP contribution < -0.4 is 11.2 Å². The van der Waals surface area contributed by atoms with Crippen LogP contribution in [0.5, 0.6) is 0 Å². The predicted molar refractivity (Wildman–Crippen MR) is 81.6 cm³/mol. The van der Waals surface area contributed by atoms with Crippen molar-refractivity contribution in [3.05, 3.63) is 31.6 Å². The van der Waals surface area contributed by atoms with Crippen LogP contribution in [0, 0.1) is 5.92 Å².